The van der Waals surface area contributed by atoms with Gasteiger partial charge in [0.15, 0.2) is 11.6 Å². The van der Waals surface area contributed by atoms with Crippen LogP contribution in [0.3, 0.4) is 0 Å². The number of carboxylic acid groups (broad SMARTS) is 1. The van der Waals surface area contributed by atoms with Crippen LogP contribution in [-0.4, -0.2) is 39.8 Å². The second-order valence-electron chi connectivity index (χ2n) is 7.55. The van der Waals surface area contributed by atoms with Crippen LogP contribution in [0, 0.1) is 11.7 Å². The third kappa shape index (κ3) is 3.07. The lowest BCUT2D eigenvalue weighted by atomic mass is 9.91. The first-order chi connectivity index (χ1) is 12.9. The van der Waals surface area contributed by atoms with Crippen molar-refractivity contribution in [1.82, 2.24) is 9.55 Å². The molecule has 2 fully saturated rings. The molecule has 3 heterocycles. The van der Waals surface area contributed by atoms with E-state index < -0.39 is 17.2 Å². The molecule has 0 radical (unpaired) electrons. The molecule has 0 aromatic carbocycles. The molecule has 1 saturated heterocycles. The molecule has 0 bridgehead atoms. The largest absolute Gasteiger partial charge is 0.477 e. The molecule has 2 aliphatic rings. The Morgan fingerprint density at radius 3 is 2.78 bits per heavy atom. The summed E-state index contributed by atoms with van der Waals surface area (Å²) in [6, 6.07) is 1.34. The third-order valence-corrected chi connectivity index (χ3v) is 5.73. The fourth-order valence-corrected chi connectivity index (χ4v) is 3.92. The third-order valence-electron chi connectivity index (χ3n) is 5.73. The average molecular weight is 374 g/mol. The van der Waals surface area contributed by atoms with E-state index in [4.69, 9.17) is 5.73 Å². The zero-order valence-corrected chi connectivity index (χ0v) is 15.2. The molecule has 2 atom stereocenters. The van der Waals surface area contributed by atoms with Crippen LogP contribution in [0.1, 0.15) is 49.0 Å². The first kappa shape index (κ1) is 17.9. The Labute approximate surface area is 155 Å². The predicted octanol–water partition coefficient (Wildman–Crippen LogP) is 2.13. The lowest BCUT2D eigenvalue weighted by Crippen LogP contribution is -2.47. The summed E-state index contributed by atoms with van der Waals surface area (Å²) in [5.74, 6) is -1.44. The van der Waals surface area contributed by atoms with Crippen molar-refractivity contribution in [2.24, 2.45) is 11.7 Å². The highest BCUT2D eigenvalue weighted by Crippen LogP contribution is 2.37. The number of nitrogens with zero attached hydrogens (tertiary/aromatic N) is 3. The van der Waals surface area contributed by atoms with Gasteiger partial charge in [-0.2, -0.15) is 0 Å². The highest BCUT2D eigenvalue weighted by Gasteiger charge is 2.31. The predicted molar refractivity (Wildman–Crippen MR) is 99.8 cm³/mol. The van der Waals surface area contributed by atoms with Gasteiger partial charge in [-0.15, -0.1) is 0 Å². The van der Waals surface area contributed by atoms with Crippen molar-refractivity contribution in [3.63, 3.8) is 0 Å². The number of carbonyl (C=O) groups is 1. The number of aromatic nitrogens is 2. The summed E-state index contributed by atoms with van der Waals surface area (Å²) in [6.07, 6.45) is 4.79. The summed E-state index contributed by atoms with van der Waals surface area (Å²) in [4.78, 5) is 30.3. The highest BCUT2D eigenvalue weighted by molar-refractivity contribution is 5.92. The number of fused-ring (bicyclic) bond motifs is 1. The van der Waals surface area contributed by atoms with Crippen LogP contribution in [0.25, 0.3) is 11.0 Å². The first-order valence-electron chi connectivity index (χ1n) is 9.40. The number of carboxylic acids is 1. The molecule has 27 heavy (non-hydrogen) atoms. The van der Waals surface area contributed by atoms with Crippen LogP contribution in [0.5, 0.6) is 0 Å². The molecule has 7 nitrogen and oxygen atoms in total. The molecule has 144 valence electrons. The molecular formula is C19H23FN4O3. The Bertz CT molecular complexity index is 970. The van der Waals surface area contributed by atoms with Gasteiger partial charge in [0.2, 0.25) is 5.43 Å². The molecular weight excluding hydrogens is 351 g/mol. The summed E-state index contributed by atoms with van der Waals surface area (Å²) in [5.41, 5.74) is 5.46. The van der Waals surface area contributed by atoms with Crippen molar-refractivity contribution in [1.29, 1.82) is 0 Å². The monoisotopic (exact) mass is 374 g/mol. The molecule has 2 aromatic rings. The number of hydrogen-bond acceptors (Lipinski definition) is 5. The van der Waals surface area contributed by atoms with Crippen LogP contribution in [0.2, 0.25) is 0 Å². The standard InChI is InChI=1S/C19H23FN4O3/c1-2-10-8-23(6-5-15(10)21)18-14(20)7-12-16(25)13(19(26)27)9-24(11-3-4-11)17(12)22-18/h7,9-11,15H,2-6,8,21H2,1H3,(H,26,27). The normalized spacial score (nSPS) is 23.0. The summed E-state index contributed by atoms with van der Waals surface area (Å²) in [5, 5.41) is 9.33. The van der Waals surface area contributed by atoms with Crippen molar-refractivity contribution in [2.75, 3.05) is 18.0 Å². The van der Waals surface area contributed by atoms with Crippen molar-refractivity contribution in [2.45, 2.75) is 44.7 Å². The highest BCUT2D eigenvalue weighted by atomic mass is 19.1. The van der Waals surface area contributed by atoms with Crippen molar-refractivity contribution < 1.29 is 14.3 Å². The number of piperidine rings is 1. The van der Waals surface area contributed by atoms with Gasteiger partial charge in [-0.05, 0) is 31.2 Å². The van der Waals surface area contributed by atoms with E-state index in [0.717, 1.165) is 31.7 Å². The van der Waals surface area contributed by atoms with Gasteiger partial charge in [-0.1, -0.05) is 13.3 Å². The Morgan fingerprint density at radius 1 is 1.41 bits per heavy atom. The molecule has 8 heteroatoms. The smallest absolute Gasteiger partial charge is 0.341 e. The number of rotatable bonds is 4. The molecule has 1 aliphatic carbocycles. The fraction of sp³-hybridized carbons (Fsp3) is 0.526. The van der Waals surface area contributed by atoms with Gasteiger partial charge in [0.05, 0.1) is 5.39 Å². The van der Waals surface area contributed by atoms with E-state index in [1.807, 2.05) is 4.90 Å². The maximum absolute atomic E-state index is 14.9. The maximum atomic E-state index is 14.9. The number of nitrogens with two attached hydrogens (primary N) is 1. The minimum absolute atomic E-state index is 0.0174. The van der Waals surface area contributed by atoms with Gasteiger partial charge < -0.3 is 20.3 Å². The van der Waals surface area contributed by atoms with E-state index in [9.17, 15) is 19.1 Å². The van der Waals surface area contributed by atoms with Crippen molar-refractivity contribution >= 4 is 22.8 Å². The van der Waals surface area contributed by atoms with Gasteiger partial charge in [0.25, 0.3) is 0 Å². The van der Waals surface area contributed by atoms with Gasteiger partial charge in [0, 0.05) is 31.4 Å². The van der Waals surface area contributed by atoms with Crippen LogP contribution < -0.4 is 16.1 Å². The lowest BCUT2D eigenvalue weighted by molar-refractivity contribution is 0.0695. The van der Waals surface area contributed by atoms with Gasteiger partial charge >= 0.3 is 5.97 Å². The van der Waals surface area contributed by atoms with E-state index >= 15 is 0 Å². The molecule has 1 aliphatic heterocycles. The van der Waals surface area contributed by atoms with Crippen molar-refractivity contribution in [3.8, 4) is 0 Å². The minimum Gasteiger partial charge on any atom is -0.477 e. The van der Waals surface area contributed by atoms with E-state index in [1.165, 1.54) is 6.20 Å². The molecule has 2 unspecified atom stereocenters. The number of halogens is 1. The second kappa shape index (κ2) is 6.60. The lowest BCUT2D eigenvalue weighted by Gasteiger charge is -2.37. The van der Waals surface area contributed by atoms with Gasteiger partial charge in [0.1, 0.15) is 11.2 Å². The van der Waals surface area contributed by atoms with Gasteiger partial charge in [-0.3, -0.25) is 4.79 Å². The topological polar surface area (TPSA) is 101 Å². The molecule has 0 spiro atoms. The quantitative estimate of drug-likeness (QED) is 0.850. The summed E-state index contributed by atoms with van der Waals surface area (Å²) in [7, 11) is 0. The Morgan fingerprint density at radius 2 is 2.15 bits per heavy atom. The molecule has 1 saturated carbocycles. The molecule has 2 aromatic heterocycles. The zero-order valence-electron chi connectivity index (χ0n) is 15.2. The van der Waals surface area contributed by atoms with E-state index in [1.54, 1.807) is 4.57 Å². The van der Waals surface area contributed by atoms with Crippen LogP contribution in [0.4, 0.5) is 10.2 Å². The Hall–Kier alpha value is -2.48. The minimum atomic E-state index is -1.31. The van der Waals surface area contributed by atoms with E-state index in [0.29, 0.717) is 18.7 Å². The molecule has 0 amide bonds. The van der Waals surface area contributed by atoms with E-state index in [2.05, 4.69) is 11.9 Å². The van der Waals surface area contributed by atoms with Gasteiger partial charge in [-0.25, -0.2) is 14.2 Å². The zero-order chi connectivity index (χ0) is 19.3. The maximum Gasteiger partial charge on any atom is 0.341 e. The molecule has 3 N–H and O–H groups in total. The van der Waals surface area contributed by atoms with Crippen LogP contribution >= 0.6 is 0 Å². The summed E-state index contributed by atoms with van der Waals surface area (Å²) in [6.45, 7) is 3.29. The number of aromatic carboxylic acids is 1. The summed E-state index contributed by atoms with van der Waals surface area (Å²) >= 11 is 0. The number of hydrogen-bond donors (Lipinski definition) is 2. The Kier molecular flexibility index (Phi) is 4.38. The molecule has 4 rings (SSSR count). The Balaban J connectivity index is 1.86. The SMILES string of the molecule is CCC1CN(c2nc3c(cc2F)c(=O)c(C(=O)O)cn3C2CC2)CCC1N. The van der Waals surface area contributed by atoms with Crippen LogP contribution in [-0.2, 0) is 0 Å². The fourth-order valence-electron chi connectivity index (χ4n) is 3.92. The number of anilines is 1. The van der Waals surface area contributed by atoms with Crippen LogP contribution in [0.15, 0.2) is 17.1 Å². The summed E-state index contributed by atoms with van der Waals surface area (Å²) < 4.78 is 16.6. The average Bonchev–Trinajstić information content (AvgIpc) is 3.47. The first-order valence-corrected chi connectivity index (χ1v) is 9.40. The number of pyridine rings is 2. The second-order valence-corrected chi connectivity index (χ2v) is 7.55. The van der Waals surface area contributed by atoms with E-state index in [-0.39, 0.29) is 34.8 Å². The van der Waals surface area contributed by atoms with Crippen molar-refractivity contribution in [3.05, 3.63) is 33.9 Å².